The number of likely N-dealkylation sites (tertiary alicyclic amines) is 1. The fourth-order valence-corrected chi connectivity index (χ4v) is 4.70. The average molecular weight is 366 g/mol. The number of hydrogen-bond acceptors (Lipinski definition) is 5. The first-order valence-corrected chi connectivity index (χ1v) is 10.1. The molecule has 0 unspecified atom stereocenters. The minimum absolute atomic E-state index is 0.148. The van der Waals surface area contributed by atoms with Crippen molar-refractivity contribution in [1.29, 1.82) is 0 Å². The van der Waals surface area contributed by atoms with Crippen molar-refractivity contribution in [3.8, 4) is 0 Å². The van der Waals surface area contributed by atoms with Crippen LogP contribution in [-0.4, -0.2) is 57.2 Å². The lowest BCUT2D eigenvalue weighted by Gasteiger charge is -2.26. The molecule has 25 heavy (non-hydrogen) atoms. The second-order valence-electron chi connectivity index (χ2n) is 6.31. The maximum Gasteiger partial charge on any atom is 0.338 e. The number of carbonyl (C=O) groups excluding carboxylic acids is 2. The third-order valence-electron chi connectivity index (χ3n) is 4.53. The van der Waals surface area contributed by atoms with Crippen molar-refractivity contribution in [3.05, 3.63) is 29.8 Å². The number of anilines is 1. The van der Waals surface area contributed by atoms with Crippen molar-refractivity contribution in [2.45, 2.75) is 25.7 Å². The maximum atomic E-state index is 12.1. The predicted octanol–water partition coefficient (Wildman–Crippen LogP) is 1.40. The van der Waals surface area contributed by atoms with Crippen LogP contribution in [0.3, 0.4) is 0 Å². The van der Waals surface area contributed by atoms with Gasteiger partial charge in [0.25, 0.3) is 5.91 Å². The summed E-state index contributed by atoms with van der Waals surface area (Å²) in [6.45, 7) is 1.63. The molecule has 2 aliphatic heterocycles. The standard InChI is InChI=1S/C17H22N2O5S/c20-16(18-9-2-1-3-10-18)13-24-17(21)14-5-7-15(8-6-14)19-11-4-12-25(19,22)23/h5-8H,1-4,9-13H2. The fraction of sp³-hybridized carbons (Fsp3) is 0.529. The van der Waals surface area contributed by atoms with Gasteiger partial charge in [0.05, 0.1) is 17.0 Å². The normalized spacial score (nSPS) is 19.7. The molecule has 0 aromatic heterocycles. The van der Waals surface area contributed by atoms with Crippen LogP contribution >= 0.6 is 0 Å². The average Bonchev–Trinajstić information content (AvgIpc) is 2.99. The Kier molecular flexibility index (Phi) is 5.27. The molecule has 1 aromatic rings. The zero-order valence-corrected chi connectivity index (χ0v) is 14.8. The highest BCUT2D eigenvalue weighted by Gasteiger charge is 2.28. The summed E-state index contributed by atoms with van der Waals surface area (Å²) in [5.74, 6) is -0.607. The van der Waals surface area contributed by atoms with Gasteiger partial charge in [0, 0.05) is 19.6 Å². The lowest BCUT2D eigenvalue weighted by Crippen LogP contribution is -2.38. The number of esters is 1. The second kappa shape index (κ2) is 7.43. The Bertz CT molecular complexity index is 739. The summed E-state index contributed by atoms with van der Waals surface area (Å²) in [7, 11) is -3.24. The van der Waals surface area contributed by atoms with Crippen LogP contribution in [0.4, 0.5) is 5.69 Å². The smallest absolute Gasteiger partial charge is 0.338 e. The molecule has 2 aliphatic rings. The van der Waals surface area contributed by atoms with Crippen LogP contribution in [0, 0.1) is 0 Å². The van der Waals surface area contributed by atoms with Crippen LogP contribution in [0.15, 0.2) is 24.3 Å². The number of sulfonamides is 1. The number of carbonyl (C=O) groups is 2. The van der Waals surface area contributed by atoms with Crippen molar-refractivity contribution in [2.24, 2.45) is 0 Å². The highest BCUT2D eigenvalue weighted by Crippen LogP contribution is 2.24. The first-order valence-electron chi connectivity index (χ1n) is 8.53. The molecule has 0 atom stereocenters. The van der Waals surface area contributed by atoms with Gasteiger partial charge >= 0.3 is 5.97 Å². The summed E-state index contributed by atoms with van der Waals surface area (Å²) in [6.07, 6.45) is 3.70. The number of piperidine rings is 1. The van der Waals surface area contributed by atoms with Crippen LogP contribution in [0.1, 0.15) is 36.0 Å². The quantitative estimate of drug-likeness (QED) is 0.752. The molecule has 7 nitrogen and oxygen atoms in total. The molecule has 2 fully saturated rings. The van der Waals surface area contributed by atoms with E-state index in [0.717, 1.165) is 32.4 Å². The molecule has 2 heterocycles. The van der Waals surface area contributed by atoms with Crippen LogP contribution in [0.25, 0.3) is 0 Å². The Morgan fingerprint density at radius 1 is 0.960 bits per heavy atom. The number of nitrogens with zero attached hydrogens (tertiary/aromatic N) is 2. The van der Waals surface area contributed by atoms with Crippen molar-refractivity contribution in [3.63, 3.8) is 0 Å². The number of hydrogen-bond donors (Lipinski definition) is 0. The van der Waals surface area contributed by atoms with E-state index in [-0.39, 0.29) is 18.3 Å². The highest BCUT2D eigenvalue weighted by atomic mass is 32.2. The molecular formula is C17H22N2O5S. The Morgan fingerprint density at radius 3 is 2.24 bits per heavy atom. The molecule has 0 saturated carbocycles. The van der Waals surface area contributed by atoms with E-state index in [1.807, 2.05) is 0 Å². The van der Waals surface area contributed by atoms with Gasteiger partial charge in [-0.25, -0.2) is 13.2 Å². The topological polar surface area (TPSA) is 84.0 Å². The van der Waals surface area contributed by atoms with Gasteiger partial charge in [0.1, 0.15) is 0 Å². The SMILES string of the molecule is O=C(OCC(=O)N1CCCCC1)c1ccc(N2CCCS2(=O)=O)cc1. The van der Waals surface area contributed by atoms with Crippen LogP contribution in [0.2, 0.25) is 0 Å². The molecule has 136 valence electrons. The summed E-state index contributed by atoms with van der Waals surface area (Å²) < 4.78 is 30.2. The van der Waals surface area contributed by atoms with Gasteiger partial charge in [-0.3, -0.25) is 9.10 Å². The number of rotatable bonds is 4. The molecular weight excluding hydrogens is 344 g/mol. The summed E-state index contributed by atoms with van der Waals surface area (Å²) in [4.78, 5) is 25.8. The van der Waals surface area contributed by atoms with Gasteiger partial charge < -0.3 is 9.64 Å². The third kappa shape index (κ3) is 4.12. The monoisotopic (exact) mass is 366 g/mol. The first kappa shape index (κ1) is 17.7. The summed E-state index contributed by atoms with van der Waals surface area (Å²) in [5.41, 5.74) is 0.838. The molecule has 0 N–H and O–H groups in total. The van der Waals surface area contributed by atoms with E-state index >= 15 is 0 Å². The van der Waals surface area contributed by atoms with Crippen molar-refractivity contribution < 1.29 is 22.7 Å². The number of benzene rings is 1. The lowest BCUT2D eigenvalue weighted by molar-refractivity contribution is -0.135. The molecule has 3 rings (SSSR count). The minimum atomic E-state index is -3.24. The summed E-state index contributed by atoms with van der Waals surface area (Å²) in [5, 5.41) is 0. The zero-order valence-electron chi connectivity index (χ0n) is 14.0. The van der Waals surface area contributed by atoms with E-state index in [1.54, 1.807) is 17.0 Å². The van der Waals surface area contributed by atoms with Crippen LogP contribution in [-0.2, 0) is 19.6 Å². The molecule has 1 aromatic carbocycles. The van der Waals surface area contributed by atoms with Gasteiger partial charge in [-0.15, -0.1) is 0 Å². The third-order valence-corrected chi connectivity index (χ3v) is 6.40. The number of amides is 1. The molecule has 0 aliphatic carbocycles. The van der Waals surface area contributed by atoms with E-state index < -0.39 is 16.0 Å². The Hall–Kier alpha value is -2.09. The first-order chi connectivity index (χ1) is 12.0. The van der Waals surface area contributed by atoms with Gasteiger partial charge in [0.15, 0.2) is 6.61 Å². The van der Waals surface area contributed by atoms with Crippen LogP contribution in [0.5, 0.6) is 0 Å². The molecule has 0 spiro atoms. The van der Waals surface area contributed by atoms with Crippen molar-refractivity contribution >= 4 is 27.6 Å². The van der Waals surface area contributed by atoms with Crippen molar-refractivity contribution in [1.82, 2.24) is 4.90 Å². The largest absolute Gasteiger partial charge is 0.452 e. The summed E-state index contributed by atoms with van der Waals surface area (Å²) >= 11 is 0. The van der Waals surface area contributed by atoms with Gasteiger partial charge in [-0.05, 0) is 49.9 Å². The Balaban J connectivity index is 1.56. The maximum absolute atomic E-state index is 12.1. The van der Waals surface area contributed by atoms with E-state index in [2.05, 4.69) is 0 Å². The lowest BCUT2D eigenvalue weighted by atomic mass is 10.1. The zero-order chi connectivity index (χ0) is 17.9. The molecule has 1 amide bonds. The number of ether oxygens (including phenoxy) is 1. The second-order valence-corrected chi connectivity index (χ2v) is 8.32. The van der Waals surface area contributed by atoms with E-state index in [4.69, 9.17) is 4.74 Å². The molecule has 8 heteroatoms. The van der Waals surface area contributed by atoms with Gasteiger partial charge in [-0.2, -0.15) is 0 Å². The fourth-order valence-electron chi connectivity index (χ4n) is 3.14. The van der Waals surface area contributed by atoms with E-state index in [0.29, 0.717) is 24.2 Å². The molecule has 0 radical (unpaired) electrons. The molecule has 2 saturated heterocycles. The molecule has 0 bridgehead atoms. The highest BCUT2D eigenvalue weighted by molar-refractivity contribution is 7.93. The van der Waals surface area contributed by atoms with E-state index in [1.165, 1.54) is 16.4 Å². The van der Waals surface area contributed by atoms with Crippen molar-refractivity contribution in [2.75, 3.05) is 36.3 Å². The van der Waals surface area contributed by atoms with E-state index in [9.17, 15) is 18.0 Å². The summed E-state index contributed by atoms with van der Waals surface area (Å²) in [6, 6.07) is 6.23. The van der Waals surface area contributed by atoms with Gasteiger partial charge in [0.2, 0.25) is 10.0 Å². The Labute approximate surface area is 147 Å². The Morgan fingerprint density at radius 2 is 1.64 bits per heavy atom. The predicted molar refractivity (Wildman–Crippen MR) is 92.9 cm³/mol. The van der Waals surface area contributed by atoms with Crippen LogP contribution < -0.4 is 4.31 Å². The van der Waals surface area contributed by atoms with Gasteiger partial charge in [-0.1, -0.05) is 0 Å². The minimum Gasteiger partial charge on any atom is -0.452 e.